The number of unbranched alkanes of at least 4 members (excludes halogenated alkanes) is 24. The lowest BCUT2D eigenvalue weighted by molar-refractivity contribution is -0.276. The maximum atomic E-state index is 6.55. The van der Waals surface area contributed by atoms with Crippen molar-refractivity contribution in [2.45, 2.75) is 232 Å². The van der Waals surface area contributed by atoms with Gasteiger partial charge in [0.1, 0.15) is 0 Å². The first kappa shape index (κ1) is 41.4. The van der Waals surface area contributed by atoms with Crippen LogP contribution in [0.25, 0.3) is 0 Å². The molecule has 1 heterocycles. The van der Waals surface area contributed by atoms with Crippen LogP contribution in [0.4, 0.5) is 0 Å². The fraction of sp³-hybridized carbons (Fsp3) is 0.902. The molecule has 44 heavy (non-hydrogen) atoms. The lowest BCUT2D eigenvalue weighted by atomic mass is 9.98. The summed E-state index contributed by atoms with van der Waals surface area (Å²) in [6.07, 6.45) is 50.8. The lowest BCUT2D eigenvalue weighted by Gasteiger charge is -2.33. The van der Waals surface area contributed by atoms with E-state index in [4.69, 9.17) is 9.57 Å². The van der Waals surface area contributed by atoms with Crippen LogP contribution in [-0.4, -0.2) is 18.4 Å². The van der Waals surface area contributed by atoms with Crippen molar-refractivity contribution in [1.29, 1.82) is 0 Å². The van der Waals surface area contributed by atoms with Crippen molar-refractivity contribution in [3.8, 4) is 0 Å². The summed E-state index contributed by atoms with van der Waals surface area (Å²) in [6, 6.07) is 0. The molecule has 1 aliphatic heterocycles. The Bertz CT molecular complexity index is 632. The van der Waals surface area contributed by atoms with E-state index < -0.39 is 5.79 Å². The molecular weight excluding hydrogens is 538 g/mol. The number of ether oxygens (including phenoxy) is 1. The van der Waals surface area contributed by atoms with Gasteiger partial charge in [-0.2, -0.15) is 5.48 Å². The first-order chi connectivity index (χ1) is 21.7. The third-order valence-electron chi connectivity index (χ3n) is 9.50. The van der Waals surface area contributed by atoms with Crippen molar-refractivity contribution < 1.29 is 9.57 Å². The second-order valence-corrected chi connectivity index (χ2v) is 14.0. The topological polar surface area (TPSA) is 30.5 Å². The molecule has 0 spiro atoms. The molecule has 3 nitrogen and oxygen atoms in total. The largest absolute Gasteiger partial charge is 0.345 e. The molecule has 1 aliphatic rings. The fourth-order valence-electron chi connectivity index (χ4n) is 6.56. The molecule has 260 valence electrons. The highest BCUT2D eigenvalue weighted by molar-refractivity contribution is 4.92. The Hall–Kier alpha value is -0.640. The van der Waals surface area contributed by atoms with Crippen LogP contribution in [0.1, 0.15) is 220 Å². The number of hydroxylamine groups is 1. The number of rotatable bonds is 32. The van der Waals surface area contributed by atoms with Gasteiger partial charge in [0, 0.05) is 19.4 Å². The summed E-state index contributed by atoms with van der Waals surface area (Å²) in [5, 5.41) is 0. The van der Waals surface area contributed by atoms with Gasteiger partial charge in [-0.05, 0) is 58.3 Å². The minimum absolute atomic E-state index is 0.274. The highest BCUT2D eigenvalue weighted by Gasteiger charge is 2.35. The highest BCUT2D eigenvalue weighted by atomic mass is 16.8. The van der Waals surface area contributed by atoms with Crippen LogP contribution in [0.2, 0.25) is 0 Å². The SMILES string of the molecule is CCCCC/C=C\C/C=C\CCCCCCCCC1(CCCCCCCCCCCCCCCCCC)ONCCC(C)O1. The molecular formula is C41H79NO2. The smallest absolute Gasteiger partial charge is 0.187 e. The molecule has 0 aromatic heterocycles. The molecule has 0 aromatic carbocycles. The molecule has 1 rings (SSSR count). The van der Waals surface area contributed by atoms with Gasteiger partial charge in [0.15, 0.2) is 5.79 Å². The van der Waals surface area contributed by atoms with Crippen molar-refractivity contribution in [2.75, 3.05) is 6.54 Å². The van der Waals surface area contributed by atoms with Gasteiger partial charge in [-0.25, -0.2) is 0 Å². The van der Waals surface area contributed by atoms with E-state index in [1.54, 1.807) is 0 Å². The Morgan fingerprint density at radius 1 is 0.523 bits per heavy atom. The first-order valence-corrected chi connectivity index (χ1v) is 20.1. The van der Waals surface area contributed by atoms with Gasteiger partial charge in [-0.15, -0.1) is 0 Å². The number of hydrogen-bond acceptors (Lipinski definition) is 3. The predicted molar refractivity (Wildman–Crippen MR) is 195 cm³/mol. The second kappa shape index (κ2) is 32.3. The molecule has 0 aliphatic carbocycles. The molecule has 1 fully saturated rings. The summed E-state index contributed by atoms with van der Waals surface area (Å²) in [4.78, 5) is 6.22. The van der Waals surface area contributed by atoms with Gasteiger partial charge in [-0.1, -0.05) is 173 Å². The number of allylic oxidation sites excluding steroid dienone is 4. The zero-order valence-corrected chi connectivity index (χ0v) is 30.3. The summed E-state index contributed by atoms with van der Waals surface area (Å²) in [5.41, 5.74) is 3.24. The second-order valence-electron chi connectivity index (χ2n) is 14.0. The van der Waals surface area contributed by atoms with Gasteiger partial charge in [0.05, 0.1) is 6.10 Å². The standard InChI is InChI=1S/C41H79NO2/c1-4-6-8-10-12-14-16-18-20-22-24-26-28-30-32-34-37-41(43-40(3)36-39-42-44-41)38-35-33-31-29-27-25-23-21-19-17-15-13-11-9-7-5-2/h12,14,18,20,40,42H,4-11,13,15-17,19,21-39H2,1-3H3/b14-12-,20-18-. The summed E-state index contributed by atoms with van der Waals surface area (Å²) in [6.45, 7) is 7.69. The highest BCUT2D eigenvalue weighted by Crippen LogP contribution is 2.31. The molecule has 2 atom stereocenters. The van der Waals surface area contributed by atoms with E-state index in [-0.39, 0.29) is 6.10 Å². The normalized spacial score (nSPS) is 19.4. The number of nitrogens with one attached hydrogen (secondary N) is 1. The van der Waals surface area contributed by atoms with E-state index in [0.29, 0.717) is 0 Å². The van der Waals surface area contributed by atoms with E-state index in [1.165, 1.54) is 173 Å². The number of hydrogen-bond donors (Lipinski definition) is 1. The molecule has 1 saturated heterocycles. The van der Waals surface area contributed by atoms with Crippen molar-refractivity contribution >= 4 is 0 Å². The van der Waals surface area contributed by atoms with E-state index in [2.05, 4.69) is 50.6 Å². The Kier molecular flexibility index (Phi) is 30.4. The zero-order valence-electron chi connectivity index (χ0n) is 30.3. The van der Waals surface area contributed by atoms with Gasteiger partial charge in [0.2, 0.25) is 0 Å². The molecule has 2 unspecified atom stereocenters. The van der Waals surface area contributed by atoms with Gasteiger partial charge >= 0.3 is 0 Å². The van der Waals surface area contributed by atoms with Gasteiger partial charge < -0.3 is 4.74 Å². The zero-order chi connectivity index (χ0) is 31.7. The predicted octanol–water partition coefficient (Wildman–Crippen LogP) is 13.9. The summed E-state index contributed by atoms with van der Waals surface area (Å²) in [5.74, 6) is -0.416. The minimum atomic E-state index is -0.416. The Balaban J connectivity index is 2.06. The van der Waals surface area contributed by atoms with E-state index in [0.717, 1.165) is 32.2 Å². The van der Waals surface area contributed by atoms with E-state index in [9.17, 15) is 0 Å². The van der Waals surface area contributed by atoms with Crippen LogP contribution in [-0.2, 0) is 9.57 Å². The molecule has 3 heteroatoms. The average Bonchev–Trinajstić information content (AvgIpc) is 3.21. The Morgan fingerprint density at radius 2 is 0.909 bits per heavy atom. The Morgan fingerprint density at radius 3 is 1.39 bits per heavy atom. The summed E-state index contributed by atoms with van der Waals surface area (Å²) < 4.78 is 6.55. The first-order valence-electron chi connectivity index (χ1n) is 20.1. The van der Waals surface area contributed by atoms with Crippen molar-refractivity contribution in [1.82, 2.24) is 5.48 Å². The van der Waals surface area contributed by atoms with Crippen LogP contribution in [0.5, 0.6) is 0 Å². The van der Waals surface area contributed by atoms with Crippen LogP contribution in [0.3, 0.4) is 0 Å². The minimum Gasteiger partial charge on any atom is -0.345 e. The maximum Gasteiger partial charge on any atom is 0.187 e. The quantitative estimate of drug-likeness (QED) is 0.0601. The lowest BCUT2D eigenvalue weighted by Crippen LogP contribution is -2.40. The van der Waals surface area contributed by atoms with Crippen LogP contribution < -0.4 is 5.48 Å². The average molecular weight is 618 g/mol. The molecule has 0 radical (unpaired) electrons. The molecule has 0 saturated carbocycles. The third-order valence-corrected chi connectivity index (χ3v) is 9.50. The summed E-state index contributed by atoms with van der Waals surface area (Å²) in [7, 11) is 0. The molecule has 1 N–H and O–H groups in total. The maximum absolute atomic E-state index is 6.55. The van der Waals surface area contributed by atoms with Gasteiger partial charge in [-0.3, -0.25) is 4.84 Å². The molecule has 0 bridgehead atoms. The molecule has 0 aromatic rings. The van der Waals surface area contributed by atoms with Crippen molar-refractivity contribution in [3.05, 3.63) is 24.3 Å². The third kappa shape index (κ3) is 26.6. The van der Waals surface area contributed by atoms with Crippen molar-refractivity contribution in [3.63, 3.8) is 0 Å². The summed E-state index contributed by atoms with van der Waals surface area (Å²) >= 11 is 0. The molecule has 0 amide bonds. The Labute approximate surface area is 277 Å². The van der Waals surface area contributed by atoms with Crippen molar-refractivity contribution in [2.24, 2.45) is 0 Å². The van der Waals surface area contributed by atoms with E-state index in [1.807, 2.05) is 0 Å². The van der Waals surface area contributed by atoms with Crippen LogP contribution in [0, 0.1) is 0 Å². The fourth-order valence-corrected chi connectivity index (χ4v) is 6.56. The monoisotopic (exact) mass is 618 g/mol. The van der Waals surface area contributed by atoms with Gasteiger partial charge in [0.25, 0.3) is 0 Å². The van der Waals surface area contributed by atoms with E-state index >= 15 is 0 Å². The van der Waals surface area contributed by atoms with Crippen LogP contribution >= 0.6 is 0 Å². The van der Waals surface area contributed by atoms with Crippen LogP contribution in [0.15, 0.2) is 24.3 Å².